The Morgan fingerprint density at radius 3 is 2.42 bits per heavy atom. The zero-order valence-corrected chi connectivity index (χ0v) is 19.8. The molecule has 0 unspecified atom stereocenters. The van der Waals surface area contributed by atoms with Gasteiger partial charge < -0.3 is 19.7 Å². The van der Waals surface area contributed by atoms with Gasteiger partial charge in [0.05, 0.1) is 23.3 Å². The highest BCUT2D eigenvalue weighted by molar-refractivity contribution is 6.11. The maximum atomic E-state index is 13.2. The van der Waals surface area contributed by atoms with E-state index in [2.05, 4.69) is 6.07 Å². The number of rotatable bonds is 10. The summed E-state index contributed by atoms with van der Waals surface area (Å²) in [6, 6.07) is 18.6. The number of ether oxygens (including phenoxy) is 2. The highest BCUT2D eigenvalue weighted by atomic mass is 16.5. The van der Waals surface area contributed by atoms with E-state index in [0.717, 1.165) is 31.2 Å². The predicted molar refractivity (Wildman–Crippen MR) is 132 cm³/mol. The van der Waals surface area contributed by atoms with Crippen molar-refractivity contribution in [2.75, 3.05) is 0 Å². The van der Waals surface area contributed by atoms with Gasteiger partial charge in [0.15, 0.2) is 5.78 Å². The Morgan fingerprint density at radius 1 is 1.00 bits per heavy atom. The first-order chi connectivity index (χ1) is 17.4. The lowest BCUT2D eigenvalue weighted by molar-refractivity contribution is -0.136. The van der Waals surface area contributed by atoms with Gasteiger partial charge in [-0.1, -0.05) is 12.1 Å². The largest absolute Gasteiger partial charge is 0.507 e. The molecule has 0 spiro atoms. The second kappa shape index (κ2) is 11.4. The Morgan fingerprint density at radius 2 is 1.75 bits per heavy atom. The third-order valence-corrected chi connectivity index (χ3v) is 6.23. The standard InChI is InChI=1S/C29H27NO6/c30-17-19-5-7-20(8-6-19)18-35-27-13-9-22(15-21(27)10-14-28(32)33)29(34)25-12-11-24(16-26(25)31)36-23-3-1-2-4-23/h5-9,11-13,15-16,23,31H,1-4,10,14,18H2,(H,32,33). The van der Waals surface area contributed by atoms with Crippen LogP contribution in [0.2, 0.25) is 0 Å². The van der Waals surface area contributed by atoms with E-state index in [1.807, 2.05) is 0 Å². The Hall–Kier alpha value is -4.31. The molecule has 0 radical (unpaired) electrons. The maximum absolute atomic E-state index is 13.2. The quantitative estimate of drug-likeness (QED) is 0.369. The van der Waals surface area contributed by atoms with Crippen LogP contribution in [0.3, 0.4) is 0 Å². The number of nitrogens with zero attached hydrogens (tertiary/aromatic N) is 1. The van der Waals surface area contributed by atoms with E-state index in [1.54, 1.807) is 54.6 Å². The van der Waals surface area contributed by atoms with Gasteiger partial charge >= 0.3 is 5.97 Å². The lowest BCUT2D eigenvalue weighted by Crippen LogP contribution is -2.11. The van der Waals surface area contributed by atoms with Crippen LogP contribution in [0.4, 0.5) is 0 Å². The molecule has 0 atom stereocenters. The molecule has 0 aromatic heterocycles. The molecular weight excluding hydrogens is 458 g/mol. The summed E-state index contributed by atoms with van der Waals surface area (Å²) in [5.74, 6) is -0.495. The first kappa shape index (κ1) is 24.8. The minimum Gasteiger partial charge on any atom is -0.507 e. The van der Waals surface area contributed by atoms with Crippen LogP contribution in [-0.4, -0.2) is 28.1 Å². The highest BCUT2D eigenvalue weighted by Gasteiger charge is 2.20. The summed E-state index contributed by atoms with van der Waals surface area (Å²) < 4.78 is 11.8. The van der Waals surface area contributed by atoms with Gasteiger partial charge in [-0.2, -0.15) is 5.26 Å². The van der Waals surface area contributed by atoms with Crippen LogP contribution in [0.25, 0.3) is 0 Å². The fourth-order valence-electron chi connectivity index (χ4n) is 4.27. The molecule has 0 aliphatic heterocycles. The summed E-state index contributed by atoms with van der Waals surface area (Å²) in [6.45, 7) is 0.225. The molecule has 4 rings (SSSR count). The molecule has 1 aliphatic carbocycles. The Kier molecular flexibility index (Phi) is 7.86. The van der Waals surface area contributed by atoms with Gasteiger partial charge in [0.1, 0.15) is 23.9 Å². The summed E-state index contributed by atoms with van der Waals surface area (Å²) in [4.78, 5) is 24.4. The van der Waals surface area contributed by atoms with Crippen LogP contribution in [0, 0.1) is 11.3 Å². The van der Waals surface area contributed by atoms with Crippen molar-refractivity contribution in [2.45, 2.75) is 51.2 Å². The van der Waals surface area contributed by atoms with Crippen molar-refractivity contribution in [3.63, 3.8) is 0 Å². The van der Waals surface area contributed by atoms with Crippen LogP contribution >= 0.6 is 0 Å². The van der Waals surface area contributed by atoms with E-state index >= 15 is 0 Å². The maximum Gasteiger partial charge on any atom is 0.303 e. The predicted octanol–water partition coefficient (Wildman–Crippen LogP) is 5.41. The van der Waals surface area contributed by atoms with Gasteiger partial charge in [0.25, 0.3) is 0 Å². The third kappa shape index (κ3) is 6.22. The number of carbonyl (C=O) groups excluding carboxylic acids is 1. The molecule has 1 aliphatic rings. The number of ketones is 1. The minimum absolute atomic E-state index is 0.122. The molecule has 3 aromatic rings. The Balaban J connectivity index is 1.52. The molecule has 0 heterocycles. The Bertz CT molecular complexity index is 1290. The first-order valence-corrected chi connectivity index (χ1v) is 11.9. The van der Waals surface area contributed by atoms with Crippen molar-refractivity contribution in [1.29, 1.82) is 5.26 Å². The minimum atomic E-state index is -0.958. The van der Waals surface area contributed by atoms with E-state index in [4.69, 9.17) is 19.8 Å². The lowest BCUT2D eigenvalue weighted by atomic mass is 9.98. The summed E-state index contributed by atoms with van der Waals surface area (Å²) in [5.41, 5.74) is 2.44. The van der Waals surface area contributed by atoms with Crippen molar-refractivity contribution in [1.82, 2.24) is 0 Å². The van der Waals surface area contributed by atoms with Crippen LogP contribution in [0.15, 0.2) is 60.7 Å². The summed E-state index contributed by atoms with van der Waals surface area (Å²) >= 11 is 0. The normalized spacial score (nSPS) is 13.2. The van der Waals surface area contributed by atoms with Gasteiger partial charge in [-0.3, -0.25) is 9.59 Å². The number of carboxylic acid groups (broad SMARTS) is 1. The fraction of sp³-hybridized carbons (Fsp3) is 0.276. The second-order valence-electron chi connectivity index (χ2n) is 8.85. The number of aromatic hydroxyl groups is 1. The molecule has 0 saturated heterocycles. The molecule has 0 amide bonds. The van der Waals surface area contributed by atoms with Crippen LogP contribution in [0.1, 0.15) is 64.7 Å². The van der Waals surface area contributed by atoms with Gasteiger partial charge in [-0.25, -0.2) is 0 Å². The van der Waals surface area contributed by atoms with E-state index in [-0.39, 0.29) is 42.6 Å². The van der Waals surface area contributed by atoms with Crippen LogP contribution in [-0.2, 0) is 17.8 Å². The number of hydrogen-bond donors (Lipinski definition) is 2. The molecule has 0 bridgehead atoms. The van der Waals surface area contributed by atoms with Crippen molar-refractivity contribution in [3.05, 3.63) is 88.5 Å². The molecule has 184 valence electrons. The monoisotopic (exact) mass is 485 g/mol. The number of aryl methyl sites for hydroxylation is 1. The van der Waals surface area contributed by atoms with E-state index in [0.29, 0.717) is 28.2 Å². The molecule has 3 aromatic carbocycles. The SMILES string of the molecule is N#Cc1ccc(COc2ccc(C(=O)c3ccc(OC4CCCC4)cc3O)cc2CCC(=O)O)cc1. The molecular formula is C29H27NO6. The molecule has 7 nitrogen and oxygen atoms in total. The Labute approximate surface area is 209 Å². The molecule has 2 N–H and O–H groups in total. The van der Waals surface area contributed by atoms with E-state index in [9.17, 15) is 14.7 Å². The van der Waals surface area contributed by atoms with Crippen LogP contribution < -0.4 is 9.47 Å². The van der Waals surface area contributed by atoms with Gasteiger partial charge in [0.2, 0.25) is 0 Å². The lowest BCUT2D eigenvalue weighted by Gasteiger charge is -2.15. The number of nitriles is 1. The van der Waals surface area contributed by atoms with E-state index in [1.165, 1.54) is 6.07 Å². The van der Waals surface area contributed by atoms with Crippen molar-refractivity contribution < 1.29 is 29.3 Å². The first-order valence-electron chi connectivity index (χ1n) is 11.9. The van der Waals surface area contributed by atoms with Gasteiger partial charge in [0, 0.05) is 18.1 Å². The highest BCUT2D eigenvalue weighted by Crippen LogP contribution is 2.31. The average molecular weight is 486 g/mol. The summed E-state index contributed by atoms with van der Waals surface area (Å²) in [6.07, 6.45) is 4.43. The number of phenolic OH excluding ortho intramolecular Hbond substituents is 1. The third-order valence-electron chi connectivity index (χ3n) is 6.23. The number of hydrogen-bond acceptors (Lipinski definition) is 6. The summed E-state index contributed by atoms with van der Waals surface area (Å²) in [7, 11) is 0. The number of benzene rings is 3. The number of aliphatic carboxylic acids is 1. The fourth-order valence-corrected chi connectivity index (χ4v) is 4.27. The molecule has 36 heavy (non-hydrogen) atoms. The molecule has 1 saturated carbocycles. The average Bonchev–Trinajstić information content (AvgIpc) is 3.39. The van der Waals surface area contributed by atoms with Crippen LogP contribution in [0.5, 0.6) is 17.2 Å². The second-order valence-corrected chi connectivity index (χ2v) is 8.85. The zero-order valence-electron chi connectivity index (χ0n) is 19.8. The topological polar surface area (TPSA) is 117 Å². The van der Waals surface area contributed by atoms with Gasteiger partial charge in [-0.05, 0) is 85.7 Å². The smallest absolute Gasteiger partial charge is 0.303 e. The molecule has 1 fully saturated rings. The number of carbonyl (C=O) groups is 2. The number of phenols is 1. The van der Waals surface area contributed by atoms with Gasteiger partial charge in [-0.15, -0.1) is 0 Å². The van der Waals surface area contributed by atoms with Crippen molar-refractivity contribution in [3.8, 4) is 23.3 Å². The van der Waals surface area contributed by atoms with Crippen molar-refractivity contribution in [2.24, 2.45) is 0 Å². The van der Waals surface area contributed by atoms with Crippen molar-refractivity contribution >= 4 is 11.8 Å². The number of carboxylic acids is 1. The summed E-state index contributed by atoms with van der Waals surface area (Å²) in [5, 5.41) is 28.6. The molecule has 7 heteroatoms. The zero-order chi connectivity index (χ0) is 25.5. The van der Waals surface area contributed by atoms with E-state index < -0.39 is 5.97 Å².